The molecule has 65 heavy (non-hydrogen) atoms. The maximum absolute atomic E-state index is 11.1. The number of aromatic nitrogens is 3. The number of benzene rings is 7. The van der Waals surface area contributed by atoms with Crippen LogP contribution in [0, 0.1) is 6.07 Å². The number of hydrogen-bond donors (Lipinski definition) is 1. The topological polar surface area (TPSA) is 50.9 Å². The number of phenolic OH excluding ortho intramolecular Hbond substituents is 1. The van der Waals surface area contributed by atoms with Crippen LogP contribution < -0.4 is 0 Å². The van der Waals surface area contributed by atoms with Crippen molar-refractivity contribution in [2.75, 3.05) is 0 Å². The van der Waals surface area contributed by atoms with Gasteiger partial charge < -0.3 is 9.67 Å². The van der Waals surface area contributed by atoms with Crippen LogP contribution in [0.3, 0.4) is 0 Å². The predicted octanol–water partition coefficient (Wildman–Crippen LogP) is 15.7. The van der Waals surface area contributed by atoms with Crippen LogP contribution in [0.15, 0.2) is 188 Å². The molecule has 3 aromatic heterocycles. The van der Waals surface area contributed by atoms with Crippen molar-refractivity contribution in [3.8, 4) is 78.6 Å². The molecule has 0 aliphatic rings. The van der Waals surface area contributed by atoms with Gasteiger partial charge >= 0.3 is 0 Å². The van der Waals surface area contributed by atoms with E-state index in [1.165, 1.54) is 33.0 Å². The van der Waals surface area contributed by atoms with E-state index in [9.17, 15) is 5.11 Å². The van der Waals surface area contributed by atoms with Crippen LogP contribution in [0.25, 0.3) is 94.6 Å². The second kappa shape index (κ2) is 17.3. The maximum Gasteiger partial charge on any atom is 0.124 e. The molecule has 0 bridgehead atoms. The van der Waals surface area contributed by atoms with Crippen molar-refractivity contribution >= 4 is 21.8 Å². The van der Waals surface area contributed by atoms with Gasteiger partial charge in [-0.3, -0.25) is 9.97 Å². The molecular weight excluding hydrogens is 974 g/mol. The predicted molar refractivity (Wildman–Crippen MR) is 267 cm³/mol. The molecule has 1 N–H and O–H groups in total. The third-order valence-electron chi connectivity index (χ3n) is 12.3. The number of aromatic hydroxyl groups is 1. The Morgan fingerprint density at radius 2 is 1.05 bits per heavy atom. The Morgan fingerprint density at radius 1 is 0.462 bits per heavy atom. The van der Waals surface area contributed by atoms with Crippen LogP contribution in [0.5, 0.6) is 5.75 Å². The molecule has 0 aliphatic carbocycles. The van der Waals surface area contributed by atoms with Crippen LogP contribution in [-0.2, 0) is 31.9 Å². The van der Waals surface area contributed by atoms with E-state index in [2.05, 4.69) is 210 Å². The Balaban J connectivity index is 0.00000533. The van der Waals surface area contributed by atoms with Gasteiger partial charge in [0.05, 0.1) is 16.7 Å². The number of para-hydroxylation sites is 3. The molecule has 0 saturated carbocycles. The van der Waals surface area contributed by atoms with Gasteiger partial charge in [-0.15, -0.1) is 24.3 Å². The molecule has 0 spiro atoms. The number of fused-ring (bicyclic) bond motifs is 3. The molecule has 7 aromatic carbocycles. The maximum atomic E-state index is 11.1. The van der Waals surface area contributed by atoms with Gasteiger partial charge in [0.25, 0.3) is 0 Å². The van der Waals surface area contributed by atoms with Crippen molar-refractivity contribution in [2.45, 2.75) is 52.4 Å². The Morgan fingerprint density at radius 3 is 1.80 bits per heavy atom. The van der Waals surface area contributed by atoms with Crippen molar-refractivity contribution < 1.29 is 26.2 Å². The van der Waals surface area contributed by atoms with Gasteiger partial charge in [0.1, 0.15) is 5.75 Å². The van der Waals surface area contributed by atoms with E-state index in [1.807, 2.05) is 24.4 Å². The summed E-state index contributed by atoms with van der Waals surface area (Å²) in [5.41, 5.74) is 17.2. The fraction of sp³-hybridized carbons (Fsp3) is 0.133. The number of pyridine rings is 2. The average molecular weight is 1020 g/mol. The zero-order chi connectivity index (χ0) is 44.2. The van der Waals surface area contributed by atoms with E-state index >= 15 is 0 Å². The van der Waals surface area contributed by atoms with Gasteiger partial charge in [-0.25, -0.2) is 0 Å². The second-order valence-electron chi connectivity index (χ2n) is 18.8. The van der Waals surface area contributed by atoms with Crippen LogP contribution in [-0.4, -0.2) is 19.6 Å². The van der Waals surface area contributed by atoms with E-state index in [1.54, 1.807) is 6.07 Å². The zero-order valence-corrected chi connectivity index (χ0v) is 39.8. The summed E-state index contributed by atoms with van der Waals surface area (Å²) in [6.07, 6.45) is 1.90. The summed E-state index contributed by atoms with van der Waals surface area (Å²) in [6, 6.07) is 67.5. The molecule has 4 nitrogen and oxygen atoms in total. The van der Waals surface area contributed by atoms with Gasteiger partial charge in [0, 0.05) is 66.2 Å². The third-order valence-corrected chi connectivity index (χ3v) is 12.3. The molecule has 0 amide bonds. The molecule has 0 radical (unpaired) electrons. The minimum atomic E-state index is -0.0500. The van der Waals surface area contributed by atoms with Crippen LogP contribution in [0.1, 0.15) is 52.7 Å². The van der Waals surface area contributed by atoms with Crippen molar-refractivity contribution in [3.05, 3.63) is 205 Å². The minimum Gasteiger partial charge on any atom is -0.507 e. The van der Waals surface area contributed by atoms with E-state index in [0.717, 1.165) is 61.5 Å². The third kappa shape index (κ3) is 8.48. The molecular formula is C60H50N3OPt-. The molecule has 3 heterocycles. The van der Waals surface area contributed by atoms with Gasteiger partial charge in [-0.05, 0) is 92.2 Å². The molecule has 5 heteroatoms. The smallest absolute Gasteiger partial charge is 0.124 e. The van der Waals surface area contributed by atoms with Crippen LogP contribution >= 0.6 is 0 Å². The summed E-state index contributed by atoms with van der Waals surface area (Å²) in [4.78, 5) is 10.1. The van der Waals surface area contributed by atoms with Gasteiger partial charge in [-0.1, -0.05) is 174 Å². The summed E-state index contributed by atoms with van der Waals surface area (Å²) in [5, 5.41) is 13.5. The van der Waals surface area contributed by atoms with E-state index in [4.69, 9.17) is 9.97 Å². The van der Waals surface area contributed by atoms with Gasteiger partial charge in [-0.2, -0.15) is 0 Å². The SMILES string of the molecule is CC(C)(C)c1cc(-c2cc(-c3[c-]c(-c4cc(-c5cccc6c7ccccc7n(-c7cccc(-c8ccccc8)c7)c56)ccn4)ccc3)nc(-c3ccccc3O)c2)cc(C(C)(C)C)c1.[Pt]. The summed E-state index contributed by atoms with van der Waals surface area (Å²) in [7, 11) is 0. The number of rotatable bonds is 7. The number of hydrogen-bond acceptors (Lipinski definition) is 3. The minimum absolute atomic E-state index is 0. The first-order chi connectivity index (χ1) is 30.9. The van der Waals surface area contributed by atoms with Crippen molar-refractivity contribution in [1.82, 2.24) is 14.5 Å². The Kier molecular flexibility index (Phi) is 11.5. The summed E-state index contributed by atoms with van der Waals surface area (Å²) < 4.78 is 2.40. The van der Waals surface area contributed by atoms with Crippen LogP contribution in [0.4, 0.5) is 0 Å². The molecule has 10 aromatic rings. The normalized spacial score (nSPS) is 11.8. The second-order valence-corrected chi connectivity index (χ2v) is 18.8. The van der Waals surface area contributed by atoms with Gasteiger partial charge in [0.15, 0.2) is 0 Å². The van der Waals surface area contributed by atoms with E-state index in [-0.39, 0.29) is 37.6 Å². The Hall–Kier alpha value is -6.87. The number of phenols is 1. The van der Waals surface area contributed by atoms with Crippen molar-refractivity contribution in [3.63, 3.8) is 0 Å². The van der Waals surface area contributed by atoms with Crippen LogP contribution in [0.2, 0.25) is 0 Å². The Labute approximate surface area is 396 Å². The Bertz CT molecular complexity index is 3340. The fourth-order valence-corrected chi connectivity index (χ4v) is 8.81. The first kappa shape index (κ1) is 43.4. The molecule has 0 atom stereocenters. The monoisotopic (exact) mass is 1020 g/mol. The first-order valence-electron chi connectivity index (χ1n) is 22.0. The zero-order valence-electron chi connectivity index (χ0n) is 37.5. The molecule has 0 fully saturated rings. The summed E-state index contributed by atoms with van der Waals surface area (Å²) in [6.45, 7) is 13.6. The summed E-state index contributed by atoms with van der Waals surface area (Å²) in [5.74, 6) is 0.189. The quantitative estimate of drug-likeness (QED) is 0.162. The first-order valence-corrected chi connectivity index (χ1v) is 22.0. The molecule has 0 aliphatic heterocycles. The van der Waals surface area contributed by atoms with E-state index < -0.39 is 0 Å². The average Bonchev–Trinajstić information content (AvgIpc) is 3.66. The molecule has 10 rings (SSSR count). The largest absolute Gasteiger partial charge is 0.507 e. The van der Waals surface area contributed by atoms with E-state index in [0.29, 0.717) is 11.3 Å². The van der Waals surface area contributed by atoms with Gasteiger partial charge in [0.2, 0.25) is 0 Å². The van der Waals surface area contributed by atoms with Crippen molar-refractivity contribution in [1.29, 1.82) is 0 Å². The summed E-state index contributed by atoms with van der Waals surface area (Å²) >= 11 is 0. The molecule has 0 saturated heterocycles. The standard InChI is InChI=1S/C60H50N3O.Pt/c1-59(2,3)46-32-44(33-47(38-46)60(4,5)6)45-36-54(62-55(37-45)52-24-11-13-28-57(52)64)43-21-14-20-42(31-43)53-35-41(29-30-61-53)49-25-16-26-51-50-23-10-12-27-56(50)63(58(49)51)48-22-15-19-40(34-48)39-17-8-7-9-18-39;/h7-30,32-38,64H,1-6H3;/q-1;. The fourth-order valence-electron chi connectivity index (χ4n) is 8.81. The molecule has 0 unspecified atom stereocenters. The number of nitrogens with zero attached hydrogens (tertiary/aromatic N) is 3. The molecule has 322 valence electrons. The van der Waals surface area contributed by atoms with Crippen molar-refractivity contribution in [2.24, 2.45) is 0 Å².